The van der Waals surface area contributed by atoms with Crippen molar-refractivity contribution in [1.29, 1.82) is 0 Å². The van der Waals surface area contributed by atoms with Gasteiger partial charge in [0.2, 0.25) is 0 Å². The number of benzene rings is 1. The van der Waals surface area contributed by atoms with Crippen molar-refractivity contribution >= 4 is 11.4 Å². The second kappa shape index (κ2) is 5.70. The maximum absolute atomic E-state index is 13.4. The van der Waals surface area contributed by atoms with Crippen molar-refractivity contribution in [3.63, 3.8) is 0 Å². The fourth-order valence-electron chi connectivity index (χ4n) is 1.30. The second-order valence-corrected chi connectivity index (χ2v) is 4.24. The summed E-state index contributed by atoms with van der Waals surface area (Å²) in [7, 11) is 2.05. The maximum atomic E-state index is 13.4. The molecule has 0 unspecified atom stereocenters. The van der Waals surface area contributed by atoms with E-state index in [2.05, 4.69) is 24.1 Å². The molecular formula is C12H20FN3. The largest absolute Gasteiger partial charge is 0.399 e. The lowest BCUT2D eigenvalue weighted by Gasteiger charge is -2.21. The zero-order valence-corrected chi connectivity index (χ0v) is 10.1. The number of nitrogen functional groups attached to an aromatic ring is 1. The van der Waals surface area contributed by atoms with Gasteiger partial charge < -0.3 is 16.0 Å². The predicted octanol–water partition coefficient (Wildman–Crippen LogP) is 2.16. The van der Waals surface area contributed by atoms with Crippen LogP contribution >= 0.6 is 0 Å². The van der Waals surface area contributed by atoms with Crippen LogP contribution in [-0.4, -0.2) is 31.1 Å². The van der Waals surface area contributed by atoms with Crippen LogP contribution in [-0.2, 0) is 0 Å². The van der Waals surface area contributed by atoms with E-state index in [-0.39, 0.29) is 5.82 Å². The molecule has 0 aliphatic rings. The van der Waals surface area contributed by atoms with Crippen molar-refractivity contribution in [3.8, 4) is 0 Å². The number of anilines is 2. The van der Waals surface area contributed by atoms with E-state index >= 15 is 0 Å². The van der Waals surface area contributed by atoms with E-state index in [9.17, 15) is 4.39 Å². The first kappa shape index (κ1) is 12.8. The summed E-state index contributed by atoms with van der Waals surface area (Å²) in [5.74, 6) is -0.299. The van der Waals surface area contributed by atoms with Crippen LogP contribution in [0.25, 0.3) is 0 Å². The van der Waals surface area contributed by atoms with Crippen LogP contribution in [0.2, 0.25) is 0 Å². The van der Waals surface area contributed by atoms with Crippen molar-refractivity contribution in [3.05, 3.63) is 24.0 Å². The summed E-state index contributed by atoms with van der Waals surface area (Å²) in [4.78, 5) is 2.20. The first-order valence-corrected chi connectivity index (χ1v) is 5.50. The minimum absolute atomic E-state index is 0.299. The third-order valence-corrected chi connectivity index (χ3v) is 2.65. The lowest BCUT2D eigenvalue weighted by atomic mass is 10.2. The van der Waals surface area contributed by atoms with Crippen LogP contribution in [0.4, 0.5) is 15.8 Å². The van der Waals surface area contributed by atoms with Gasteiger partial charge in [0.15, 0.2) is 0 Å². The third kappa shape index (κ3) is 3.70. The molecule has 0 heterocycles. The Morgan fingerprint density at radius 2 is 2.12 bits per heavy atom. The van der Waals surface area contributed by atoms with Gasteiger partial charge in [0.25, 0.3) is 0 Å². The summed E-state index contributed by atoms with van der Waals surface area (Å²) in [5, 5.41) is 3.05. The molecule has 0 saturated heterocycles. The van der Waals surface area contributed by atoms with E-state index in [1.165, 1.54) is 6.07 Å². The maximum Gasteiger partial charge on any atom is 0.148 e. The van der Waals surface area contributed by atoms with Gasteiger partial charge in [0.1, 0.15) is 5.82 Å². The predicted molar refractivity (Wildman–Crippen MR) is 67.1 cm³/mol. The number of nitrogens with one attached hydrogen (secondary N) is 1. The van der Waals surface area contributed by atoms with Gasteiger partial charge >= 0.3 is 0 Å². The quantitative estimate of drug-likeness (QED) is 0.754. The molecule has 4 heteroatoms. The van der Waals surface area contributed by atoms with Gasteiger partial charge in [-0.3, -0.25) is 0 Å². The number of nitrogens with two attached hydrogens (primary N) is 1. The molecule has 0 aliphatic heterocycles. The highest BCUT2D eigenvalue weighted by Gasteiger charge is 2.04. The minimum atomic E-state index is -0.299. The van der Waals surface area contributed by atoms with Crippen LogP contribution in [0.15, 0.2) is 18.2 Å². The molecule has 0 atom stereocenters. The molecule has 1 aromatic carbocycles. The Kier molecular flexibility index (Phi) is 4.55. The summed E-state index contributed by atoms with van der Waals surface area (Å²) in [5.41, 5.74) is 6.42. The molecule has 0 radical (unpaired) electrons. The van der Waals surface area contributed by atoms with Gasteiger partial charge in [-0.2, -0.15) is 0 Å². The number of nitrogens with zero attached hydrogens (tertiary/aromatic N) is 1. The van der Waals surface area contributed by atoms with Crippen molar-refractivity contribution < 1.29 is 4.39 Å². The first-order chi connectivity index (χ1) is 7.50. The molecule has 1 aromatic rings. The molecule has 0 amide bonds. The highest BCUT2D eigenvalue weighted by atomic mass is 19.1. The molecular weight excluding hydrogens is 205 g/mol. The average Bonchev–Trinajstić information content (AvgIpc) is 2.20. The number of likely N-dealkylation sites (N-methyl/N-ethyl adjacent to an activating group) is 1. The Morgan fingerprint density at radius 3 is 2.69 bits per heavy atom. The van der Waals surface area contributed by atoms with Crippen LogP contribution in [0.3, 0.4) is 0 Å². The van der Waals surface area contributed by atoms with Crippen LogP contribution in [0, 0.1) is 5.82 Å². The van der Waals surface area contributed by atoms with E-state index in [4.69, 9.17) is 5.73 Å². The Hall–Kier alpha value is -1.29. The molecule has 0 spiro atoms. The molecule has 0 aromatic heterocycles. The average molecular weight is 225 g/mol. The topological polar surface area (TPSA) is 41.3 Å². The van der Waals surface area contributed by atoms with Gasteiger partial charge in [-0.05, 0) is 39.1 Å². The van der Waals surface area contributed by atoms with Crippen LogP contribution < -0.4 is 11.1 Å². The van der Waals surface area contributed by atoms with E-state index in [0.717, 1.165) is 13.1 Å². The lowest BCUT2D eigenvalue weighted by Crippen LogP contribution is -2.31. The van der Waals surface area contributed by atoms with Gasteiger partial charge in [-0.15, -0.1) is 0 Å². The van der Waals surface area contributed by atoms with Crippen LogP contribution in [0.1, 0.15) is 13.8 Å². The Labute approximate surface area is 96.4 Å². The smallest absolute Gasteiger partial charge is 0.148 e. The molecule has 0 fully saturated rings. The van der Waals surface area contributed by atoms with Crippen LogP contribution in [0.5, 0.6) is 0 Å². The molecule has 0 saturated carbocycles. The lowest BCUT2D eigenvalue weighted by molar-refractivity contribution is 0.284. The van der Waals surface area contributed by atoms with Gasteiger partial charge in [-0.25, -0.2) is 4.39 Å². The van der Waals surface area contributed by atoms with Gasteiger partial charge in [-0.1, -0.05) is 0 Å². The Bertz CT molecular complexity index is 339. The summed E-state index contributed by atoms with van der Waals surface area (Å²) in [6.07, 6.45) is 0. The molecule has 0 bridgehead atoms. The number of rotatable bonds is 5. The summed E-state index contributed by atoms with van der Waals surface area (Å²) >= 11 is 0. The zero-order chi connectivity index (χ0) is 12.1. The summed E-state index contributed by atoms with van der Waals surface area (Å²) in [6, 6.07) is 5.18. The van der Waals surface area contributed by atoms with E-state index in [1.807, 2.05) is 7.05 Å². The highest BCUT2D eigenvalue weighted by Crippen LogP contribution is 2.16. The van der Waals surface area contributed by atoms with Crippen molar-refractivity contribution in [1.82, 2.24) is 4.90 Å². The minimum Gasteiger partial charge on any atom is -0.399 e. The van der Waals surface area contributed by atoms with Gasteiger partial charge in [0, 0.05) is 24.8 Å². The van der Waals surface area contributed by atoms with E-state index in [1.54, 1.807) is 12.1 Å². The number of halogens is 1. The first-order valence-electron chi connectivity index (χ1n) is 5.50. The zero-order valence-electron chi connectivity index (χ0n) is 10.1. The summed E-state index contributed by atoms with van der Waals surface area (Å²) < 4.78 is 13.4. The number of hydrogen-bond acceptors (Lipinski definition) is 3. The SMILES string of the molecule is CC(C)N(C)CCNc1ccc(N)cc1F. The Balaban J connectivity index is 2.43. The molecule has 16 heavy (non-hydrogen) atoms. The molecule has 0 aliphatic carbocycles. The highest BCUT2D eigenvalue weighted by molar-refractivity contribution is 5.52. The fraction of sp³-hybridized carbons (Fsp3) is 0.500. The summed E-state index contributed by atoms with van der Waals surface area (Å²) in [6.45, 7) is 5.85. The number of hydrogen-bond donors (Lipinski definition) is 2. The standard InChI is InChI=1S/C12H20FN3/c1-9(2)16(3)7-6-15-12-5-4-10(14)8-11(12)13/h4-5,8-9,15H,6-7,14H2,1-3H3. The molecule has 1 rings (SSSR count). The van der Waals surface area contributed by atoms with Crippen molar-refractivity contribution in [2.24, 2.45) is 0 Å². The molecule has 90 valence electrons. The van der Waals surface area contributed by atoms with E-state index in [0.29, 0.717) is 17.4 Å². The second-order valence-electron chi connectivity index (χ2n) is 4.24. The molecule has 3 N–H and O–H groups in total. The van der Waals surface area contributed by atoms with E-state index < -0.39 is 0 Å². The fourth-order valence-corrected chi connectivity index (χ4v) is 1.30. The van der Waals surface area contributed by atoms with Gasteiger partial charge in [0.05, 0.1) is 5.69 Å². The van der Waals surface area contributed by atoms with Crippen molar-refractivity contribution in [2.75, 3.05) is 31.2 Å². The van der Waals surface area contributed by atoms with Crippen molar-refractivity contribution in [2.45, 2.75) is 19.9 Å². The molecule has 3 nitrogen and oxygen atoms in total. The third-order valence-electron chi connectivity index (χ3n) is 2.65. The monoisotopic (exact) mass is 225 g/mol. The Morgan fingerprint density at radius 1 is 1.44 bits per heavy atom. The normalized spacial score (nSPS) is 11.1.